The highest BCUT2D eigenvalue weighted by Crippen LogP contribution is 2.21. The molecule has 10 heteroatoms. The van der Waals surface area contributed by atoms with Gasteiger partial charge in [-0.15, -0.1) is 17.9 Å². The lowest BCUT2D eigenvalue weighted by atomic mass is 10.2. The molecule has 0 aliphatic heterocycles. The van der Waals surface area contributed by atoms with Gasteiger partial charge in [-0.3, -0.25) is 24.3 Å². The van der Waals surface area contributed by atoms with E-state index in [2.05, 4.69) is 32.1 Å². The molecule has 0 aliphatic rings. The van der Waals surface area contributed by atoms with Gasteiger partial charge < -0.3 is 0 Å². The van der Waals surface area contributed by atoms with Crippen LogP contribution in [0.2, 0.25) is 0 Å². The molecule has 0 saturated heterocycles. The maximum atomic E-state index is 12.7. The number of nitrogens with one attached hydrogen (secondary N) is 2. The van der Waals surface area contributed by atoms with E-state index in [9.17, 15) is 4.79 Å². The van der Waals surface area contributed by atoms with E-state index in [-0.39, 0.29) is 5.91 Å². The molecule has 0 unspecified atom stereocenters. The molecule has 5 aromatic rings. The van der Waals surface area contributed by atoms with Crippen molar-refractivity contribution in [1.29, 1.82) is 0 Å². The number of H-pyrrole nitrogens is 1. The number of aromatic amines is 1. The molecule has 3 heterocycles. The van der Waals surface area contributed by atoms with Crippen molar-refractivity contribution >= 4 is 45.6 Å². The first-order valence-corrected chi connectivity index (χ1v) is 11.4. The number of nitrogens with zero attached hydrogens (tertiary/aromatic N) is 5. The normalized spacial score (nSPS) is 11.0. The van der Waals surface area contributed by atoms with E-state index < -0.39 is 0 Å². The fourth-order valence-electron chi connectivity index (χ4n) is 3.52. The summed E-state index contributed by atoms with van der Waals surface area (Å²) in [6.07, 6.45) is 4.05. The Balaban J connectivity index is 1.28. The van der Waals surface area contributed by atoms with E-state index in [0.717, 1.165) is 28.2 Å². The van der Waals surface area contributed by atoms with Gasteiger partial charge in [-0.1, -0.05) is 18.2 Å². The molecule has 0 bridgehead atoms. The van der Waals surface area contributed by atoms with Crippen LogP contribution in [0.15, 0.2) is 72.9 Å². The van der Waals surface area contributed by atoms with Crippen molar-refractivity contribution < 1.29 is 4.79 Å². The summed E-state index contributed by atoms with van der Waals surface area (Å²) in [6, 6.07) is 15.3. The summed E-state index contributed by atoms with van der Waals surface area (Å²) in [5, 5.41) is 12.4. The third kappa shape index (κ3) is 4.26. The smallest absolute Gasteiger partial charge is 0.257 e. The van der Waals surface area contributed by atoms with Crippen molar-refractivity contribution in [2.45, 2.75) is 13.0 Å². The summed E-state index contributed by atoms with van der Waals surface area (Å²) in [7, 11) is 0. The topological polar surface area (TPSA) is 93.4 Å². The maximum absolute atomic E-state index is 12.7. The molecule has 0 spiro atoms. The van der Waals surface area contributed by atoms with Gasteiger partial charge in [0.2, 0.25) is 0 Å². The highest BCUT2D eigenvalue weighted by molar-refractivity contribution is 7.71. The molecule has 1 amide bonds. The van der Waals surface area contributed by atoms with Crippen LogP contribution in [0.5, 0.6) is 0 Å². The van der Waals surface area contributed by atoms with Crippen LogP contribution in [-0.2, 0) is 13.0 Å². The third-order valence-electron chi connectivity index (χ3n) is 5.12. The number of imidazole rings is 1. The zero-order chi connectivity index (χ0) is 22.8. The van der Waals surface area contributed by atoms with Gasteiger partial charge in [0.25, 0.3) is 5.91 Å². The Hall–Kier alpha value is -3.89. The van der Waals surface area contributed by atoms with Crippen LogP contribution < -0.4 is 5.32 Å². The van der Waals surface area contributed by atoms with Crippen molar-refractivity contribution in [3.63, 3.8) is 0 Å². The van der Waals surface area contributed by atoms with E-state index in [1.54, 1.807) is 24.5 Å². The molecule has 0 radical (unpaired) electrons. The molecule has 0 atom stereocenters. The number of rotatable bonds is 7. The predicted molar refractivity (Wildman–Crippen MR) is 132 cm³/mol. The van der Waals surface area contributed by atoms with Crippen molar-refractivity contribution in [3.05, 3.63) is 94.7 Å². The van der Waals surface area contributed by atoms with Crippen molar-refractivity contribution in [2.75, 3.05) is 5.32 Å². The number of carbonyl (C=O) groups is 1. The second-order valence-electron chi connectivity index (χ2n) is 7.27. The second kappa shape index (κ2) is 8.93. The second-order valence-corrected chi connectivity index (χ2v) is 8.51. The molecule has 5 rings (SSSR count). The number of hydrogen-bond acceptors (Lipinski definition) is 6. The molecule has 2 aromatic carbocycles. The number of hydrogen-bond donors (Lipinski definition) is 2. The van der Waals surface area contributed by atoms with E-state index in [1.165, 1.54) is 11.3 Å². The summed E-state index contributed by atoms with van der Waals surface area (Å²) in [6.45, 7) is 4.32. The number of thiazole rings is 1. The number of benzene rings is 2. The molecule has 2 N–H and O–H groups in total. The Morgan fingerprint density at radius 1 is 1.21 bits per heavy atom. The molecule has 8 nitrogen and oxygen atoms in total. The van der Waals surface area contributed by atoms with Crippen molar-refractivity contribution in [3.8, 4) is 5.69 Å². The molecule has 0 saturated carbocycles. The largest absolute Gasteiger partial charge is 0.300 e. The molecule has 3 aromatic heterocycles. The summed E-state index contributed by atoms with van der Waals surface area (Å²) < 4.78 is 4.40. The Labute approximate surface area is 198 Å². The van der Waals surface area contributed by atoms with Gasteiger partial charge in [0, 0.05) is 23.2 Å². The van der Waals surface area contributed by atoms with Gasteiger partial charge in [-0.25, -0.2) is 9.97 Å². The van der Waals surface area contributed by atoms with E-state index in [4.69, 9.17) is 12.2 Å². The zero-order valence-corrected chi connectivity index (χ0v) is 19.1. The molecular weight excluding hydrogens is 454 g/mol. The van der Waals surface area contributed by atoms with Crippen LogP contribution in [0.4, 0.5) is 5.13 Å². The number of anilines is 1. The van der Waals surface area contributed by atoms with Gasteiger partial charge in [0.1, 0.15) is 12.2 Å². The van der Waals surface area contributed by atoms with Gasteiger partial charge in [-0.2, -0.15) is 5.10 Å². The average molecular weight is 474 g/mol. The van der Waals surface area contributed by atoms with Crippen LogP contribution in [-0.4, -0.2) is 35.2 Å². The fraction of sp³-hybridized carbons (Fsp3) is 0.0870. The van der Waals surface area contributed by atoms with Crippen molar-refractivity contribution in [2.24, 2.45) is 0 Å². The minimum atomic E-state index is -0.215. The number of amides is 1. The Morgan fingerprint density at radius 3 is 2.85 bits per heavy atom. The minimum Gasteiger partial charge on any atom is -0.300 e. The molecular formula is C23H19N7OS2. The molecule has 0 fully saturated rings. The zero-order valence-electron chi connectivity index (χ0n) is 17.4. The lowest BCUT2D eigenvalue weighted by molar-refractivity contribution is 0.102. The number of aromatic nitrogens is 6. The Kier molecular flexibility index (Phi) is 5.68. The first-order chi connectivity index (χ1) is 16.1. The van der Waals surface area contributed by atoms with Crippen LogP contribution in [0, 0.1) is 4.77 Å². The lowest BCUT2D eigenvalue weighted by Gasteiger charge is -2.06. The van der Waals surface area contributed by atoms with Crippen LogP contribution in [0.25, 0.3) is 16.7 Å². The summed E-state index contributed by atoms with van der Waals surface area (Å²) in [5.41, 5.74) is 4.22. The van der Waals surface area contributed by atoms with Gasteiger partial charge in [0.15, 0.2) is 9.90 Å². The monoisotopic (exact) mass is 473 g/mol. The summed E-state index contributed by atoms with van der Waals surface area (Å²) in [4.78, 5) is 21.7. The quantitative estimate of drug-likeness (QED) is 0.262. The first kappa shape index (κ1) is 21.0. The summed E-state index contributed by atoms with van der Waals surface area (Å²) >= 11 is 6.62. The highest BCUT2D eigenvalue weighted by atomic mass is 32.1. The van der Waals surface area contributed by atoms with Gasteiger partial charge in [0.05, 0.1) is 23.1 Å². The summed E-state index contributed by atoms with van der Waals surface area (Å²) in [5.74, 6) is 0.554. The lowest BCUT2D eigenvalue weighted by Crippen LogP contribution is -2.12. The molecule has 0 aliphatic carbocycles. The number of carbonyl (C=O) groups excluding carboxylic acids is 1. The predicted octanol–water partition coefficient (Wildman–Crippen LogP) is 4.77. The van der Waals surface area contributed by atoms with Crippen LogP contribution >= 0.6 is 23.6 Å². The minimum absolute atomic E-state index is 0.215. The van der Waals surface area contributed by atoms with E-state index >= 15 is 0 Å². The maximum Gasteiger partial charge on any atom is 0.257 e. The van der Waals surface area contributed by atoms with Crippen molar-refractivity contribution in [1.82, 2.24) is 29.3 Å². The van der Waals surface area contributed by atoms with E-state index in [1.807, 2.05) is 50.9 Å². The average Bonchev–Trinajstić information content (AvgIpc) is 3.55. The number of para-hydroxylation sites is 2. The van der Waals surface area contributed by atoms with Crippen LogP contribution in [0.1, 0.15) is 21.9 Å². The SMILES string of the molecule is C=CCn1c(Cc2csc(NC(=O)c3ccc(-n4cnc5ccccc54)cc3)n2)n[nH]c1=S. The molecule has 33 heavy (non-hydrogen) atoms. The third-order valence-corrected chi connectivity index (χ3v) is 6.24. The van der Waals surface area contributed by atoms with Gasteiger partial charge in [-0.05, 0) is 48.6 Å². The van der Waals surface area contributed by atoms with Gasteiger partial charge >= 0.3 is 0 Å². The van der Waals surface area contributed by atoms with E-state index in [0.29, 0.717) is 28.4 Å². The van der Waals surface area contributed by atoms with Crippen LogP contribution in [0.3, 0.4) is 0 Å². The first-order valence-electron chi connectivity index (χ1n) is 10.2. The standard InChI is InChI=1S/C23H19N7OS2/c1-2-11-29-20(27-28-23(29)32)12-16-13-33-22(25-16)26-21(31)15-7-9-17(10-8-15)30-14-24-18-5-3-4-6-19(18)30/h2-10,13-14H,1,11-12H2,(H,28,32)(H,25,26,31). The number of allylic oxidation sites excluding steroid dienone is 1. The molecule has 164 valence electrons. The number of fused-ring (bicyclic) bond motifs is 1. The Bertz CT molecular complexity index is 1510. The fourth-order valence-corrected chi connectivity index (χ4v) is 4.45. The highest BCUT2D eigenvalue weighted by Gasteiger charge is 2.13. The Morgan fingerprint density at radius 2 is 2.03 bits per heavy atom.